The number of aliphatic hydroxyl groups is 1. The zero-order chi connectivity index (χ0) is 11.6. The average Bonchev–Trinajstić information content (AvgIpc) is 2.09. The zero-order valence-electron chi connectivity index (χ0n) is 9.87. The third kappa shape index (κ3) is 2.48. The zero-order valence-corrected chi connectivity index (χ0v) is 9.87. The van der Waals surface area contributed by atoms with E-state index in [0.29, 0.717) is 12.1 Å². The summed E-state index contributed by atoms with van der Waals surface area (Å²) in [5.74, 6) is 0. The topological polar surface area (TPSA) is 42.2 Å². The molecule has 0 saturated carbocycles. The molecule has 0 aliphatic rings. The number of aromatic nitrogens is 1. The molecule has 3 nitrogen and oxygen atoms in total. The highest BCUT2D eigenvalue weighted by molar-refractivity contribution is 5.20. The fourth-order valence-corrected chi connectivity index (χ4v) is 1.64. The van der Waals surface area contributed by atoms with Crippen LogP contribution >= 0.6 is 0 Å². The van der Waals surface area contributed by atoms with Gasteiger partial charge >= 0.3 is 0 Å². The largest absolute Gasteiger partial charge is 0.386 e. The van der Waals surface area contributed by atoms with Crippen molar-refractivity contribution in [3.8, 4) is 0 Å². The molecule has 0 fully saturated rings. The molecule has 1 aromatic heterocycles. The second kappa shape index (κ2) is 4.19. The predicted molar refractivity (Wildman–Crippen MR) is 61.0 cm³/mol. The predicted octanol–water partition coefficient (Wildman–Crippen LogP) is 1.79. The molecule has 1 rings (SSSR count). The van der Waals surface area contributed by atoms with Crippen LogP contribution in [0.4, 0.5) is 0 Å². The molecular weight excluding hydrogens is 190 g/mol. The normalized spacial score (nSPS) is 11.8. The molecule has 0 atom stereocenters. The quantitative estimate of drug-likeness (QED) is 0.824. The van der Waals surface area contributed by atoms with Gasteiger partial charge in [0.05, 0.1) is 5.60 Å². The molecule has 1 heterocycles. The van der Waals surface area contributed by atoms with E-state index in [2.05, 4.69) is 0 Å². The van der Waals surface area contributed by atoms with E-state index >= 15 is 0 Å². The van der Waals surface area contributed by atoms with Gasteiger partial charge in [0, 0.05) is 17.8 Å². The fourth-order valence-electron chi connectivity index (χ4n) is 1.64. The minimum absolute atomic E-state index is 0.0793. The molecule has 0 spiro atoms. The van der Waals surface area contributed by atoms with Crippen LogP contribution < -0.4 is 5.56 Å². The molecular formula is C12H19NO2. The number of hydrogen-bond donors (Lipinski definition) is 1. The van der Waals surface area contributed by atoms with Crippen molar-refractivity contribution in [1.82, 2.24) is 4.57 Å². The lowest BCUT2D eigenvalue weighted by Crippen LogP contribution is -2.32. The van der Waals surface area contributed by atoms with Crippen LogP contribution in [0.5, 0.6) is 0 Å². The van der Waals surface area contributed by atoms with Crippen LogP contribution in [0, 0.1) is 6.92 Å². The van der Waals surface area contributed by atoms with E-state index in [1.54, 1.807) is 24.5 Å². The first-order valence-electron chi connectivity index (χ1n) is 5.31. The van der Waals surface area contributed by atoms with Gasteiger partial charge in [-0.3, -0.25) is 4.79 Å². The summed E-state index contributed by atoms with van der Waals surface area (Å²) in [5.41, 5.74) is 0.251. The smallest absolute Gasteiger partial charge is 0.256 e. The molecule has 1 N–H and O–H groups in total. The van der Waals surface area contributed by atoms with Gasteiger partial charge in [-0.15, -0.1) is 0 Å². The lowest BCUT2D eigenvalue weighted by Gasteiger charge is -2.19. The third-order valence-electron chi connectivity index (χ3n) is 2.50. The Morgan fingerprint density at radius 2 is 2.00 bits per heavy atom. The van der Waals surface area contributed by atoms with E-state index in [9.17, 15) is 9.90 Å². The summed E-state index contributed by atoms with van der Waals surface area (Å²) in [4.78, 5) is 12.0. The lowest BCUT2D eigenvalue weighted by molar-refractivity contribution is 0.0764. The fraction of sp³-hybridized carbons (Fsp3) is 0.583. The monoisotopic (exact) mass is 209 g/mol. The Bertz CT molecular complexity index is 399. The van der Waals surface area contributed by atoms with Gasteiger partial charge in [0.15, 0.2) is 0 Å². The van der Waals surface area contributed by atoms with E-state index < -0.39 is 5.60 Å². The summed E-state index contributed by atoms with van der Waals surface area (Å²) in [5, 5.41) is 9.84. The first kappa shape index (κ1) is 12.0. The van der Waals surface area contributed by atoms with Crippen molar-refractivity contribution in [1.29, 1.82) is 0 Å². The molecule has 0 aliphatic heterocycles. The Kier molecular flexibility index (Phi) is 3.35. The van der Waals surface area contributed by atoms with Crippen molar-refractivity contribution in [3.63, 3.8) is 0 Å². The number of pyridine rings is 1. The maximum atomic E-state index is 12.0. The van der Waals surface area contributed by atoms with Gasteiger partial charge in [-0.05, 0) is 39.3 Å². The average molecular weight is 209 g/mol. The number of hydrogen-bond acceptors (Lipinski definition) is 2. The molecule has 0 aliphatic carbocycles. The van der Waals surface area contributed by atoms with Crippen LogP contribution in [0.3, 0.4) is 0 Å². The Morgan fingerprint density at radius 3 is 2.47 bits per heavy atom. The van der Waals surface area contributed by atoms with Crippen LogP contribution in [-0.2, 0) is 12.1 Å². The summed E-state index contributed by atoms with van der Waals surface area (Å²) in [7, 11) is 0. The van der Waals surface area contributed by atoms with Crippen molar-refractivity contribution in [2.75, 3.05) is 0 Å². The lowest BCUT2D eigenvalue weighted by atomic mass is 10.00. The molecule has 0 unspecified atom stereocenters. The summed E-state index contributed by atoms with van der Waals surface area (Å²) in [6.45, 7) is 7.91. The molecule has 3 heteroatoms. The molecule has 0 radical (unpaired) electrons. The van der Waals surface area contributed by atoms with Crippen molar-refractivity contribution in [3.05, 3.63) is 33.7 Å². The van der Waals surface area contributed by atoms with Crippen molar-refractivity contribution < 1.29 is 5.11 Å². The van der Waals surface area contributed by atoms with E-state index in [1.807, 2.05) is 19.9 Å². The van der Waals surface area contributed by atoms with Crippen LogP contribution in [-0.4, -0.2) is 9.67 Å². The van der Waals surface area contributed by atoms with Crippen molar-refractivity contribution in [2.45, 2.75) is 46.3 Å². The van der Waals surface area contributed by atoms with Crippen LogP contribution in [0.25, 0.3) is 0 Å². The van der Waals surface area contributed by atoms with Crippen LogP contribution in [0.15, 0.2) is 16.9 Å². The Hall–Kier alpha value is -1.09. The van der Waals surface area contributed by atoms with E-state index in [1.165, 1.54) is 0 Å². The van der Waals surface area contributed by atoms with Gasteiger partial charge in [-0.1, -0.05) is 6.92 Å². The first-order chi connectivity index (χ1) is 6.88. The van der Waals surface area contributed by atoms with Gasteiger partial charge in [-0.25, -0.2) is 0 Å². The van der Waals surface area contributed by atoms with Crippen molar-refractivity contribution in [2.24, 2.45) is 0 Å². The van der Waals surface area contributed by atoms with Gasteiger partial charge in [-0.2, -0.15) is 0 Å². The molecule has 15 heavy (non-hydrogen) atoms. The third-order valence-corrected chi connectivity index (χ3v) is 2.50. The molecule has 0 saturated heterocycles. The second-order valence-corrected chi connectivity index (χ2v) is 4.40. The van der Waals surface area contributed by atoms with Crippen molar-refractivity contribution >= 4 is 0 Å². The minimum atomic E-state index is -1.07. The summed E-state index contributed by atoms with van der Waals surface area (Å²) < 4.78 is 1.72. The Labute approximate surface area is 90.4 Å². The van der Waals surface area contributed by atoms with Crippen LogP contribution in [0.1, 0.15) is 38.4 Å². The second-order valence-electron chi connectivity index (χ2n) is 4.40. The number of aryl methyl sites for hydroxylation is 1. The van der Waals surface area contributed by atoms with E-state index in [0.717, 1.165) is 12.1 Å². The molecule has 84 valence electrons. The van der Waals surface area contributed by atoms with Gasteiger partial charge < -0.3 is 9.67 Å². The van der Waals surface area contributed by atoms with Gasteiger partial charge in [0.25, 0.3) is 5.56 Å². The van der Waals surface area contributed by atoms with Crippen LogP contribution in [0.2, 0.25) is 0 Å². The van der Waals surface area contributed by atoms with Gasteiger partial charge in [0.2, 0.25) is 0 Å². The van der Waals surface area contributed by atoms with E-state index in [4.69, 9.17) is 0 Å². The highest BCUT2D eigenvalue weighted by atomic mass is 16.3. The summed E-state index contributed by atoms with van der Waals surface area (Å²) in [6.07, 6.45) is 0.913. The highest BCUT2D eigenvalue weighted by Gasteiger charge is 2.21. The molecule has 0 aromatic carbocycles. The number of rotatable bonds is 3. The first-order valence-corrected chi connectivity index (χ1v) is 5.31. The maximum Gasteiger partial charge on any atom is 0.256 e. The standard InChI is InChI=1S/C12H19NO2/c1-5-8-13-9(2)6-7-10(11(13)14)12(3,4)15/h6-7,15H,5,8H2,1-4H3. The van der Waals surface area contributed by atoms with Gasteiger partial charge in [0.1, 0.15) is 0 Å². The highest BCUT2D eigenvalue weighted by Crippen LogP contribution is 2.15. The summed E-state index contributed by atoms with van der Waals surface area (Å²) in [6, 6.07) is 3.59. The summed E-state index contributed by atoms with van der Waals surface area (Å²) >= 11 is 0. The molecule has 1 aromatic rings. The SMILES string of the molecule is CCCn1c(C)ccc(C(C)(C)O)c1=O. The molecule has 0 bridgehead atoms. The molecule has 0 amide bonds. The number of nitrogens with zero attached hydrogens (tertiary/aromatic N) is 1. The Balaban J connectivity index is 3.36. The van der Waals surface area contributed by atoms with E-state index in [-0.39, 0.29) is 5.56 Å². The minimum Gasteiger partial charge on any atom is -0.386 e. The maximum absolute atomic E-state index is 12.0. The Morgan fingerprint density at radius 1 is 1.40 bits per heavy atom.